The van der Waals surface area contributed by atoms with Crippen molar-refractivity contribution in [3.8, 4) is 5.69 Å². The number of aromatic nitrogens is 1. The Bertz CT molecular complexity index is 1230. The zero-order chi connectivity index (χ0) is 22.7. The molecule has 0 spiro atoms. The number of imide groups is 1. The van der Waals surface area contributed by atoms with Crippen LogP contribution in [0.5, 0.6) is 0 Å². The summed E-state index contributed by atoms with van der Waals surface area (Å²) in [7, 11) is 0. The lowest BCUT2D eigenvalue weighted by Crippen LogP contribution is -2.36. The molecular formula is C22H16N4O5S. The van der Waals surface area contributed by atoms with Gasteiger partial charge in [0.05, 0.1) is 9.83 Å². The van der Waals surface area contributed by atoms with E-state index in [1.165, 1.54) is 12.1 Å². The number of carbonyl (C=O) groups is 3. The molecular weight excluding hydrogens is 432 g/mol. The molecule has 10 heteroatoms. The Kier molecular flexibility index (Phi) is 5.86. The minimum Gasteiger partial charge on any atom is -0.325 e. The van der Waals surface area contributed by atoms with Crippen LogP contribution in [0.1, 0.15) is 5.69 Å². The molecule has 32 heavy (non-hydrogen) atoms. The van der Waals surface area contributed by atoms with Crippen LogP contribution < -0.4 is 5.32 Å². The predicted molar refractivity (Wildman–Crippen MR) is 120 cm³/mol. The SMILES string of the molecule is O=C(CN1C(=O)S/C(=C\c2cccn2-c2ccc([N+](=O)[O-])cc2)C1=O)Nc1ccccc1. The van der Waals surface area contributed by atoms with Gasteiger partial charge in [-0.1, -0.05) is 18.2 Å². The fraction of sp³-hybridized carbons (Fsp3) is 0.0455. The Morgan fingerprint density at radius 2 is 1.75 bits per heavy atom. The first kappa shape index (κ1) is 21.1. The number of anilines is 1. The van der Waals surface area contributed by atoms with E-state index in [2.05, 4.69) is 5.32 Å². The second kappa shape index (κ2) is 8.90. The normalized spacial score (nSPS) is 14.8. The molecule has 3 amide bonds. The number of amides is 3. The molecule has 0 bridgehead atoms. The summed E-state index contributed by atoms with van der Waals surface area (Å²) in [6, 6.07) is 18.2. The topological polar surface area (TPSA) is 115 Å². The third-order valence-electron chi connectivity index (χ3n) is 4.63. The number of para-hydroxylation sites is 1. The summed E-state index contributed by atoms with van der Waals surface area (Å²) in [6.07, 6.45) is 3.30. The quantitative estimate of drug-likeness (QED) is 0.345. The highest BCUT2D eigenvalue weighted by Gasteiger charge is 2.36. The van der Waals surface area contributed by atoms with Crippen LogP contribution in [0.25, 0.3) is 11.8 Å². The van der Waals surface area contributed by atoms with Crippen molar-refractivity contribution in [3.63, 3.8) is 0 Å². The average Bonchev–Trinajstić information content (AvgIpc) is 3.34. The average molecular weight is 448 g/mol. The maximum Gasteiger partial charge on any atom is 0.294 e. The van der Waals surface area contributed by atoms with Crippen LogP contribution in [-0.2, 0) is 9.59 Å². The second-order valence-corrected chi connectivity index (χ2v) is 7.75. The Morgan fingerprint density at radius 1 is 1.03 bits per heavy atom. The number of non-ortho nitro benzene ring substituents is 1. The van der Waals surface area contributed by atoms with Gasteiger partial charge in [0.2, 0.25) is 5.91 Å². The van der Waals surface area contributed by atoms with Crippen molar-refractivity contribution in [3.05, 3.63) is 93.6 Å². The molecule has 2 heterocycles. The van der Waals surface area contributed by atoms with Crippen LogP contribution in [0.3, 0.4) is 0 Å². The van der Waals surface area contributed by atoms with E-state index in [0.29, 0.717) is 17.1 Å². The van der Waals surface area contributed by atoms with Gasteiger partial charge in [-0.05, 0) is 54.2 Å². The Labute approximate surface area is 186 Å². The summed E-state index contributed by atoms with van der Waals surface area (Å²) in [6.45, 7) is -0.389. The lowest BCUT2D eigenvalue weighted by atomic mass is 10.2. The Hall–Kier alpha value is -4.18. The summed E-state index contributed by atoms with van der Waals surface area (Å²) >= 11 is 0.754. The fourth-order valence-corrected chi connectivity index (χ4v) is 3.94. The molecule has 0 unspecified atom stereocenters. The molecule has 0 radical (unpaired) electrons. The van der Waals surface area contributed by atoms with E-state index < -0.39 is 22.0 Å². The standard InChI is InChI=1S/C22H16N4O5S/c27-20(23-15-5-2-1-3-6-15)14-25-21(28)19(32-22(25)29)13-18-7-4-12-24(18)16-8-10-17(11-9-16)26(30)31/h1-13H,14H2,(H,23,27)/b19-13-. The maximum atomic E-state index is 12.7. The zero-order valence-corrected chi connectivity index (χ0v) is 17.3. The van der Waals surface area contributed by atoms with Crippen molar-refractivity contribution in [2.45, 2.75) is 0 Å². The molecule has 1 N–H and O–H groups in total. The molecule has 1 aliphatic rings. The molecule has 1 aliphatic heterocycles. The van der Waals surface area contributed by atoms with Crippen LogP contribution in [0.15, 0.2) is 77.8 Å². The second-order valence-electron chi connectivity index (χ2n) is 6.76. The smallest absolute Gasteiger partial charge is 0.294 e. The van der Waals surface area contributed by atoms with E-state index in [1.54, 1.807) is 65.4 Å². The molecule has 0 atom stereocenters. The van der Waals surface area contributed by atoms with Crippen molar-refractivity contribution in [1.29, 1.82) is 0 Å². The number of carbonyl (C=O) groups excluding carboxylic acids is 3. The summed E-state index contributed by atoms with van der Waals surface area (Å²) in [5.41, 5.74) is 1.81. The van der Waals surface area contributed by atoms with Gasteiger partial charge in [0.25, 0.3) is 16.8 Å². The Balaban J connectivity index is 1.50. The van der Waals surface area contributed by atoms with Crippen molar-refractivity contribution in [2.24, 2.45) is 0 Å². The number of nitrogens with zero attached hydrogens (tertiary/aromatic N) is 3. The van der Waals surface area contributed by atoms with E-state index in [0.717, 1.165) is 16.7 Å². The van der Waals surface area contributed by atoms with Gasteiger partial charge in [0.15, 0.2) is 0 Å². The highest BCUT2D eigenvalue weighted by Crippen LogP contribution is 2.32. The van der Waals surface area contributed by atoms with Crippen LogP contribution >= 0.6 is 11.8 Å². The highest BCUT2D eigenvalue weighted by molar-refractivity contribution is 8.18. The first-order valence-electron chi connectivity index (χ1n) is 9.45. The monoisotopic (exact) mass is 448 g/mol. The number of nitro groups is 1. The van der Waals surface area contributed by atoms with Crippen LogP contribution in [0.4, 0.5) is 16.2 Å². The summed E-state index contributed by atoms with van der Waals surface area (Å²) in [5.74, 6) is -1.03. The van der Waals surface area contributed by atoms with Crippen molar-refractivity contribution < 1.29 is 19.3 Å². The maximum absolute atomic E-state index is 12.7. The molecule has 4 rings (SSSR count). The molecule has 3 aromatic rings. The molecule has 1 saturated heterocycles. The summed E-state index contributed by atoms with van der Waals surface area (Å²) in [5, 5.41) is 13.0. The molecule has 160 valence electrons. The van der Waals surface area contributed by atoms with Gasteiger partial charge in [-0.15, -0.1) is 0 Å². The van der Waals surface area contributed by atoms with Crippen LogP contribution in [-0.4, -0.2) is 38.0 Å². The van der Waals surface area contributed by atoms with Gasteiger partial charge >= 0.3 is 0 Å². The molecule has 0 aliphatic carbocycles. The largest absolute Gasteiger partial charge is 0.325 e. The number of hydrogen-bond acceptors (Lipinski definition) is 6. The van der Waals surface area contributed by atoms with Gasteiger partial charge in [-0.3, -0.25) is 29.4 Å². The van der Waals surface area contributed by atoms with E-state index in [-0.39, 0.29) is 17.1 Å². The van der Waals surface area contributed by atoms with Crippen molar-refractivity contribution in [2.75, 3.05) is 11.9 Å². The minimum atomic E-state index is -0.556. The molecule has 2 aromatic carbocycles. The molecule has 1 aromatic heterocycles. The number of rotatable bonds is 6. The number of nitro benzene ring substituents is 1. The minimum absolute atomic E-state index is 0.0302. The number of hydrogen-bond donors (Lipinski definition) is 1. The third-order valence-corrected chi connectivity index (χ3v) is 5.54. The fourth-order valence-electron chi connectivity index (χ4n) is 3.12. The summed E-state index contributed by atoms with van der Waals surface area (Å²) < 4.78 is 1.74. The first-order valence-corrected chi connectivity index (χ1v) is 10.3. The van der Waals surface area contributed by atoms with Crippen molar-refractivity contribution >= 4 is 46.3 Å². The van der Waals surface area contributed by atoms with Crippen LogP contribution in [0.2, 0.25) is 0 Å². The van der Waals surface area contributed by atoms with Crippen LogP contribution in [0, 0.1) is 10.1 Å². The first-order chi connectivity index (χ1) is 15.4. The number of thioether (sulfide) groups is 1. The Morgan fingerprint density at radius 3 is 2.44 bits per heavy atom. The van der Waals surface area contributed by atoms with Gasteiger partial charge < -0.3 is 9.88 Å². The highest BCUT2D eigenvalue weighted by atomic mass is 32.2. The predicted octanol–water partition coefficient (Wildman–Crippen LogP) is 4.06. The number of benzene rings is 2. The van der Waals surface area contributed by atoms with E-state index >= 15 is 0 Å². The number of nitrogens with one attached hydrogen (secondary N) is 1. The third kappa shape index (κ3) is 4.44. The lowest BCUT2D eigenvalue weighted by Gasteiger charge is -2.12. The molecule has 1 fully saturated rings. The van der Waals surface area contributed by atoms with Gasteiger partial charge in [-0.25, -0.2) is 0 Å². The summed E-state index contributed by atoms with van der Waals surface area (Å²) in [4.78, 5) is 48.8. The lowest BCUT2D eigenvalue weighted by molar-refractivity contribution is -0.384. The van der Waals surface area contributed by atoms with Gasteiger partial charge in [0.1, 0.15) is 6.54 Å². The molecule has 0 saturated carbocycles. The zero-order valence-electron chi connectivity index (χ0n) is 16.5. The van der Waals surface area contributed by atoms with Gasteiger partial charge in [-0.2, -0.15) is 0 Å². The van der Waals surface area contributed by atoms with E-state index in [9.17, 15) is 24.5 Å². The van der Waals surface area contributed by atoms with E-state index in [1.807, 2.05) is 6.07 Å². The molecule has 9 nitrogen and oxygen atoms in total. The van der Waals surface area contributed by atoms with Gasteiger partial charge in [0, 0.05) is 35.4 Å². The van der Waals surface area contributed by atoms with Crippen molar-refractivity contribution in [1.82, 2.24) is 9.47 Å². The van der Waals surface area contributed by atoms with E-state index in [4.69, 9.17) is 0 Å².